The quantitative estimate of drug-likeness (QED) is 0.841. The van der Waals surface area contributed by atoms with E-state index in [4.69, 9.17) is 4.74 Å². The largest absolute Gasteiger partial charge is 0.378 e. The highest BCUT2D eigenvalue weighted by atomic mass is 32.1. The molecule has 1 aliphatic heterocycles. The second-order valence-corrected chi connectivity index (χ2v) is 5.52. The van der Waals surface area contributed by atoms with Crippen LogP contribution in [0.1, 0.15) is 36.5 Å². The second-order valence-electron chi connectivity index (χ2n) is 5.20. The van der Waals surface area contributed by atoms with Crippen LogP contribution < -0.4 is 4.90 Å². The first kappa shape index (κ1) is 13.8. The van der Waals surface area contributed by atoms with Crippen molar-refractivity contribution in [1.29, 1.82) is 0 Å². The summed E-state index contributed by atoms with van der Waals surface area (Å²) < 4.78 is 5.46. The highest BCUT2D eigenvalue weighted by molar-refractivity contribution is 7.79. The molecule has 0 aliphatic carbocycles. The number of thiol groups is 1. The first-order chi connectivity index (χ1) is 8.65. The van der Waals surface area contributed by atoms with Crippen molar-refractivity contribution in [1.82, 2.24) is 0 Å². The summed E-state index contributed by atoms with van der Waals surface area (Å²) in [5.41, 5.74) is 5.59. The number of rotatable bonds is 3. The predicted octanol–water partition coefficient (Wildman–Crippen LogP) is 3.38. The molecule has 0 spiro atoms. The number of nitrogens with zero attached hydrogens (tertiary/aromatic N) is 1. The van der Waals surface area contributed by atoms with E-state index < -0.39 is 0 Å². The Morgan fingerprint density at radius 2 is 1.94 bits per heavy atom. The van der Waals surface area contributed by atoms with Gasteiger partial charge in [-0.3, -0.25) is 0 Å². The number of hydrogen-bond donors (Lipinski definition) is 1. The molecule has 0 aromatic heterocycles. The lowest BCUT2D eigenvalue weighted by Crippen LogP contribution is -2.37. The Morgan fingerprint density at radius 1 is 1.28 bits per heavy atom. The van der Waals surface area contributed by atoms with Crippen molar-refractivity contribution in [2.75, 3.05) is 31.2 Å². The molecule has 0 N–H and O–H groups in total. The SMILES string of the molecule is Cc1c(CS)ccc(C(C)C)c1N1CCOCC1. The van der Waals surface area contributed by atoms with Crippen molar-refractivity contribution in [3.05, 3.63) is 28.8 Å². The number of hydrogen-bond acceptors (Lipinski definition) is 3. The molecule has 2 nitrogen and oxygen atoms in total. The topological polar surface area (TPSA) is 12.5 Å². The molecule has 0 atom stereocenters. The van der Waals surface area contributed by atoms with Gasteiger partial charge in [0.15, 0.2) is 0 Å². The summed E-state index contributed by atoms with van der Waals surface area (Å²) in [7, 11) is 0. The van der Waals surface area contributed by atoms with E-state index in [1.54, 1.807) is 0 Å². The molecule has 1 fully saturated rings. The van der Waals surface area contributed by atoms with Gasteiger partial charge in [0.2, 0.25) is 0 Å². The minimum Gasteiger partial charge on any atom is -0.378 e. The summed E-state index contributed by atoms with van der Waals surface area (Å²) >= 11 is 4.43. The molecule has 0 bridgehead atoms. The van der Waals surface area contributed by atoms with E-state index in [-0.39, 0.29) is 0 Å². The van der Waals surface area contributed by atoms with Gasteiger partial charge in [-0.25, -0.2) is 0 Å². The van der Waals surface area contributed by atoms with Gasteiger partial charge in [0.05, 0.1) is 13.2 Å². The fourth-order valence-electron chi connectivity index (χ4n) is 2.61. The Labute approximate surface area is 116 Å². The number of benzene rings is 1. The van der Waals surface area contributed by atoms with Crippen LogP contribution in [0.25, 0.3) is 0 Å². The molecule has 3 heteroatoms. The van der Waals surface area contributed by atoms with Gasteiger partial charge in [-0.15, -0.1) is 0 Å². The molecule has 100 valence electrons. The maximum Gasteiger partial charge on any atom is 0.0642 e. The first-order valence-electron chi connectivity index (χ1n) is 6.71. The highest BCUT2D eigenvalue weighted by Gasteiger charge is 2.19. The molecule has 1 aliphatic rings. The van der Waals surface area contributed by atoms with Crippen molar-refractivity contribution in [2.45, 2.75) is 32.4 Å². The van der Waals surface area contributed by atoms with Gasteiger partial charge < -0.3 is 9.64 Å². The summed E-state index contributed by atoms with van der Waals surface area (Å²) in [6.45, 7) is 10.4. The van der Waals surface area contributed by atoms with Crippen LogP contribution in [0.2, 0.25) is 0 Å². The van der Waals surface area contributed by atoms with E-state index >= 15 is 0 Å². The number of morpholine rings is 1. The third-order valence-corrected chi connectivity index (χ3v) is 4.03. The Kier molecular flexibility index (Phi) is 4.57. The van der Waals surface area contributed by atoms with Crippen molar-refractivity contribution in [2.24, 2.45) is 0 Å². The maximum atomic E-state index is 5.46. The highest BCUT2D eigenvalue weighted by Crippen LogP contribution is 2.34. The second kappa shape index (κ2) is 5.98. The lowest BCUT2D eigenvalue weighted by molar-refractivity contribution is 0.122. The third kappa shape index (κ3) is 2.67. The molecule has 0 unspecified atom stereocenters. The molecule has 1 saturated heterocycles. The fraction of sp³-hybridized carbons (Fsp3) is 0.600. The van der Waals surface area contributed by atoms with Gasteiger partial charge in [0.1, 0.15) is 0 Å². The normalized spacial score (nSPS) is 16.4. The van der Waals surface area contributed by atoms with E-state index in [9.17, 15) is 0 Å². The smallest absolute Gasteiger partial charge is 0.0642 e. The van der Waals surface area contributed by atoms with Gasteiger partial charge in [0.25, 0.3) is 0 Å². The lowest BCUT2D eigenvalue weighted by Gasteiger charge is -2.33. The van der Waals surface area contributed by atoms with Crippen LogP contribution in [0.3, 0.4) is 0 Å². The van der Waals surface area contributed by atoms with Crippen LogP contribution in [0.4, 0.5) is 5.69 Å². The Balaban J connectivity index is 2.45. The van der Waals surface area contributed by atoms with E-state index in [1.165, 1.54) is 22.4 Å². The van der Waals surface area contributed by atoms with E-state index in [2.05, 4.69) is 50.4 Å². The van der Waals surface area contributed by atoms with E-state index in [0.29, 0.717) is 5.92 Å². The Bertz CT molecular complexity index is 411. The van der Waals surface area contributed by atoms with Crippen molar-refractivity contribution in [3.8, 4) is 0 Å². The maximum absolute atomic E-state index is 5.46. The molecule has 1 aromatic carbocycles. The van der Waals surface area contributed by atoms with Gasteiger partial charge in [0, 0.05) is 24.5 Å². The average molecular weight is 265 g/mol. The summed E-state index contributed by atoms with van der Waals surface area (Å²) in [4.78, 5) is 2.47. The minimum atomic E-state index is 0.551. The molecule has 0 saturated carbocycles. The number of ether oxygens (including phenoxy) is 1. The monoisotopic (exact) mass is 265 g/mol. The van der Waals surface area contributed by atoms with Crippen LogP contribution in [0.5, 0.6) is 0 Å². The van der Waals surface area contributed by atoms with Crippen molar-refractivity contribution < 1.29 is 4.74 Å². The lowest BCUT2D eigenvalue weighted by atomic mass is 9.94. The summed E-state index contributed by atoms with van der Waals surface area (Å²) in [6.07, 6.45) is 0. The van der Waals surface area contributed by atoms with Gasteiger partial charge in [-0.05, 0) is 29.5 Å². The molecule has 2 rings (SSSR count). The van der Waals surface area contributed by atoms with E-state index in [1.807, 2.05) is 0 Å². The number of anilines is 1. The van der Waals surface area contributed by atoms with Crippen LogP contribution in [-0.4, -0.2) is 26.3 Å². The summed E-state index contributed by atoms with van der Waals surface area (Å²) in [6, 6.07) is 4.50. The molecule has 18 heavy (non-hydrogen) atoms. The third-order valence-electron chi connectivity index (χ3n) is 3.69. The zero-order valence-electron chi connectivity index (χ0n) is 11.6. The van der Waals surface area contributed by atoms with E-state index in [0.717, 1.165) is 32.1 Å². The molecular weight excluding hydrogens is 242 g/mol. The fourth-order valence-corrected chi connectivity index (χ4v) is 2.95. The standard InChI is InChI=1S/C15H23NOS/c1-11(2)14-5-4-13(10-18)12(3)15(14)16-6-8-17-9-7-16/h4-5,11,18H,6-10H2,1-3H3. The minimum absolute atomic E-state index is 0.551. The summed E-state index contributed by atoms with van der Waals surface area (Å²) in [5, 5.41) is 0. The molecule has 0 amide bonds. The molecule has 1 aromatic rings. The average Bonchev–Trinajstić information content (AvgIpc) is 2.39. The van der Waals surface area contributed by atoms with Gasteiger partial charge in [-0.1, -0.05) is 26.0 Å². The molecule has 0 radical (unpaired) electrons. The first-order valence-corrected chi connectivity index (χ1v) is 7.34. The predicted molar refractivity (Wildman–Crippen MR) is 81.0 cm³/mol. The van der Waals surface area contributed by atoms with Crippen molar-refractivity contribution in [3.63, 3.8) is 0 Å². The van der Waals surface area contributed by atoms with Crippen LogP contribution in [0, 0.1) is 6.92 Å². The van der Waals surface area contributed by atoms with Crippen LogP contribution in [0.15, 0.2) is 12.1 Å². The zero-order valence-corrected chi connectivity index (χ0v) is 12.5. The van der Waals surface area contributed by atoms with Gasteiger partial charge in [-0.2, -0.15) is 12.6 Å². The zero-order chi connectivity index (χ0) is 13.1. The van der Waals surface area contributed by atoms with Crippen LogP contribution >= 0.6 is 12.6 Å². The van der Waals surface area contributed by atoms with Gasteiger partial charge >= 0.3 is 0 Å². The van der Waals surface area contributed by atoms with Crippen LogP contribution in [-0.2, 0) is 10.5 Å². The Morgan fingerprint density at radius 3 is 2.50 bits per heavy atom. The molecule has 1 heterocycles. The van der Waals surface area contributed by atoms with Crippen molar-refractivity contribution >= 4 is 18.3 Å². The summed E-state index contributed by atoms with van der Waals surface area (Å²) in [5.74, 6) is 1.36. The molecular formula is C15H23NOS. The Hall–Kier alpha value is -0.670.